The Hall–Kier alpha value is -1.36. The Labute approximate surface area is 119 Å². The van der Waals surface area contributed by atoms with Gasteiger partial charge in [0.05, 0.1) is 0 Å². The van der Waals surface area contributed by atoms with Gasteiger partial charge in [-0.3, -0.25) is 13.9 Å². The lowest BCUT2D eigenvalue weighted by Gasteiger charge is -2.23. The Bertz CT molecular complexity index is 573. The van der Waals surface area contributed by atoms with Crippen molar-refractivity contribution in [2.45, 2.75) is 51.6 Å². The summed E-state index contributed by atoms with van der Waals surface area (Å²) >= 11 is 0. The van der Waals surface area contributed by atoms with Crippen LogP contribution in [0.1, 0.15) is 44.7 Å². The molecule has 1 saturated carbocycles. The Balaban J connectivity index is 2.11. The van der Waals surface area contributed by atoms with Gasteiger partial charge in [-0.25, -0.2) is 4.79 Å². The number of hydrogen-bond donors (Lipinski definition) is 1. The number of nitrogens with one attached hydrogen (secondary N) is 1. The maximum absolute atomic E-state index is 11.9. The SMILES string of the molecule is CC1CCCCCC1NCc1cc(=O)n(C)c(=O)n1C. The molecule has 1 aliphatic rings. The fourth-order valence-corrected chi connectivity index (χ4v) is 2.98. The van der Waals surface area contributed by atoms with Gasteiger partial charge in [0, 0.05) is 38.4 Å². The van der Waals surface area contributed by atoms with Crippen molar-refractivity contribution in [3.05, 3.63) is 32.6 Å². The van der Waals surface area contributed by atoms with E-state index in [1.54, 1.807) is 17.7 Å². The maximum Gasteiger partial charge on any atom is 0.330 e. The van der Waals surface area contributed by atoms with Gasteiger partial charge in [-0.05, 0) is 18.8 Å². The van der Waals surface area contributed by atoms with Crippen LogP contribution in [0.15, 0.2) is 15.7 Å². The molecular formula is C15H25N3O2. The van der Waals surface area contributed by atoms with Crippen LogP contribution < -0.4 is 16.6 Å². The molecule has 2 unspecified atom stereocenters. The molecule has 2 rings (SSSR count). The summed E-state index contributed by atoms with van der Waals surface area (Å²) in [4.78, 5) is 23.6. The number of hydrogen-bond acceptors (Lipinski definition) is 3. The number of rotatable bonds is 3. The second-order valence-electron chi connectivity index (χ2n) is 5.98. The van der Waals surface area contributed by atoms with E-state index in [-0.39, 0.29) is 11.2 Å². The van der Waals surface area contributed by atoms with E-state index in [4.69, 9.17) is 0 Å². The molecule has 0 saturated heterocycles. The van der Waals surface area contributed by atoms with Crippen molar-refractivity contribution >= 4 is 0 Å². The molecule has 1 aromatic rings. The predicted octanol–water partition coefficient (Wildman–Crippen LogP) is 1.14. The molecule has 1 aliphatic carbocycles. The molecule has 0 aliphatic heterocycles. The Morgan fingerprint density at radius 1 is 1.15 bits per heavy atom. The first-order valence-electron chi connectivity index (χ1n) is 7.50. The minimum Gasteiger partial charge on any atom is -0.308 e. The van der Waals surface area contributed by atoms with Crippen molar-refractivity contribution < 1.29 is 0 Å². The first kappa shape index (κ1) is 15.0. The van der Waals surface area contributed by atoms with E-state index in [0.717, 1.165) is 10.3 Å². The zero-order valence-corrected chi connectivity index (χ0v) is 12.7. The largest absolute Gasteiger partial charge is 0.330 e. The van der Waals surface area contributed by atoms with Crippen LogP contribution in [0, 0.1) is 5.92 Å². The summed E-state index contributed by atoms with van der Waals surface area (Å²) in [5, 5.41) is 3.53. The number of nitrogens with zero attached hydrogens (tertiary/aromatic N) is 2. The molecule has 20 heavy (non-hydrogen) atoms. The third-order valence-corrected chi connectivity index (χ3v) is 4.53. The summed E-state index contributed by atoms with van der Waals surface area (Å²) < 4.78 is 2.69. The van der Waals surface area contributed by atoms with Gasteiger partial charge in [-0.15, -0.1) is 0 Å². The number of aromatic nitrogens is 2. The maximum atomic E-state index is 11.9. The molecule has 0 spiro atoms. The summed E-state index contributed by atoms with van der Waals surface area (Å²) in [6.07, 6.45) is 6.32. The molecule has 1 N–H and O–H groups in total. The van der Waals surface area contributed by atoms with Crippen LogP contribution in [0.2, 0.25) is 0 Å². The molecular weight excluding hydrogens is 254 g/mol. The van der Waals surface area contributed by atoms with Gasteiger partial charge in [-0.2, -0.15) is 0 Å². The fraction of sp³-hybridized carbons (Fsp3) is 0.733. The monoisotopic (exact) mass is 279 g/mol. The molecule has 5 nitrogen and oxygen atoms in total. The molecule has 0 aromatic carbocycles. The zero-order valence-electron chi connectivity index (χ0n) is 12.7. The molecule has 2 atom stereocenters. The first-order chi connectivity index (χ1) is 9.50. The average molecular weight is 279 g/mol. The van der Waals surface area contributed by atoms with Crippen LogP contribution in [0.25, 0.3) is 0 Å². The van der Waals surface area contributed by atoms with Gasteiger partial charge >= 0.3 is 5.69 Å². The van der Waals surface area contributed by atoms with Crippen molar-refractivity contribution in [1.29, 1.82) is 0 Å². The lowest BCUT2D eigenvalue weighted by atomic mass is 9.97. The van der Waals surface area contributed by atoms with Crippen LogP contribution in [-0.4, -0.2) is 15.2 Å². The van der Waals surface area contributed by atoms with Crippen LogP contribution in [0.4, 0.5) is 0 Å². The standard InChI is InChI=1S/C15H25N3O2/c1-11-7-5-4-6-8-13(11)16-10-12-9-14(19)18(3)15(20)17(12)2/h9,11,13,16H,4-8,10H2,1-3H3. The summed E-state index contributed by atoms with van der Waals surface area (Å²) in [6, 6.07) is 2.03. The van der Waals surface area contributed by atoms with Gasteiger partial charge in [0.25, 0.3) is 5.56 Å². The van der Waals surface area contributed by atoms with E-state index < -0.39 is 0 Å². The highest BCUT2D eigenvalue weighted by molar-refractivity contribution is 5.02. The second kappa shape index (κ2) is 6.39. The van der Waals surface area contributed by atoms with E-state index in [1.165, 1.54) is 39.2 Å². The molecule has 0 radical (unpaired) electrons. The molecule has 1 fully saturated rings. The third-order valence-electron chi connectivity index (χ3n) is 4.53. The lowest BCUT2D eigenvalue weighted by molar-refractivity contribution is 0.352. The van der Waals surface area contributed by atoms with E-state index in [9.17, 15) is 9.59 Å². The molecule has 1 heterocycles. The molecule has 112 valence electrons. The van der Waals surface area contributed by atoms with Crippen LogP contribution in [-0.2, 0) is 20.6 Å². The van der Waals surface area contributed by atoms with Crippen molar-refractivity contribution in [3.8, 4) is 0 Å². The summed E-state index contributed by atoms with van der Waals surface area (Å²) in [6.45, 7) is 2.86. The highest BCUT2D eigenvalue weighted by atomic mass is 16.2. The van der Waals surface area contributed by atoms with Gasteiger partial charge < -0.3 is 5.32 Å². The lowest BCUT2D eigenvalue weighted by Crippen LogP contribution is -2.41. The van der Waals surface area contributed by atoms with Crippen molar-refractivity contribution in [1.82, 2.24) is 14.5 Å². The van der Waals surface area contributed by atoms with Crippen molar-refractivity contribution in [3.63, 3.8) is 0 Å². The highest BCUT2D eigenvalue weighted by Gasteiger charge is 2.19. The minimum atomic E-state index is -0.261. The predicted molar refractivity (Wildman–Crippen MR) is 79.8 cm³/mol. The minimum absolute atomic E-state index is 0.237. The van der Waals surface area contributed by atoms with E-state index in [1.807, 2.05) is 0 Å². The molecule has 0 amide bonds. The molecule has 5 heteroatoms. The summed E-state index contributed by atoms with van der Waals surface area (Å²) in [5.74, 6) is 0.654. The van der Waals surface area contributed by atoms with Gasteiger partial charge in [0.2, 0.25) is 0 Å². The molecule has 1 aromatic heterocycles. The Morgan fingerprint density at radius 2 is 1.85 bits per heavy atom. The smallest absolute Gasteiger partial charge is 0.308 e. The average Bonchev–Trinajstić information content (AvgIpc) is 2.64. The van der Waals surface area contributed by atoms with Crippen LogP contribution >= 0.6 is 0 Å². The molecule has 0 bridgehead atoms. The van der Waals surface area contributed by atoms with Gasteiger partial charge in [0.15, 0.2) is 0 Å². The van der Waals surface area contributed by atoms with Crippen molar-refractivity contribution in [2.75, 3.05) is 0 Å². The normalized spacial score (nSPS) is 23.6. The first-order valence-corrected chi connectivity index (χ1v) is 7.50. The Kier molecular flexibility index (Phi) is 4.81. The second-order valence-corrected chi connectivity index (χ2v) is 5.98. The van der Waals surface area contributed by atoms with Crippen LogP contribution in [0.3, 0.4) is 0 Å². The van der Waals surface area contributed by atoms with E-state index in [2.05, 4.69) is 12.2 Å². The zero-order chi connectivity index (χ0) is 14.7. The fourth-order valence-electron chi connectivity index (χ4n) is 2.98. The summed E-state index contributed by atoms with van der Waals surface area (Å²) in [7, 11) is 3.23. The van der Waals surface area contributed by atoms with Crippen molar-refractivity contribution in [2.24, 2.45) is 20.0 Å². The third kappa shape index (κ3) is 3.20. The van der Waals surface area contributed by atoms with Gasteiger partial charge in [0.1, 0.15) is 0 Å². The van der Waals surface area contributed by atoms with E-state index >= 15 is 0 Å². The summed E-state index contributed by atoms with van der Waals surface area (Å²) in [5.41, 5.74) is 0.261. The quantitative estimate of drug-likeness (QED) is 0.844. The highest BCUT2D eigenvalue weighted by Crippen LogP contribution is 2.23. The Morgan fingerprint density at radius 3 is 2.60 bits per heavy atom. The van der Waals surface area contributed by atoms with Crippen LogP contribution in [0.5, 0.6) is 0 Å². The van der Waals surface area contributed by atoms with Gasteiger partial charge in [-0.1, -0.05) is 26.2 Å². The topological polar surface area (TPSA) is 56.0 Å². The van der Waals surface area contributed by atoms with E-state index in [0.29, 0.717) is 18.5 Å².